The molecule has 2 aromatic rings. The van der Waals surface area contributed by atoms with Gasteiger partial charge in [-0.2, -0.15) is 11.8 Å². The summed E-state index contributed by atoms with van der Waals surface area (Å²) < 4.78 is 1.27. The Morgan fingerprint density at radius 3 is 2.88 bits per heavy atom. The van der Waals surface area contributed by atoms with Crippen molar-refractivity contribution in [1.29, 1.82) is 0 Å². The first-order valence-electron chi connectivity index (χ1n) is 5.20. The Morgan fingerprint density at radius 1 is 1.44 bits per heavy atom. The van der Waals surface area contributed by atoms with Gasteiger partial charge in [0.25, 0.3) is 0 Å². The minimum atomic E-state index is 0.487. The Morgan fingerprint density at radius 2 is 2.19 bits per heavy atom. The van der Waals surface area contributed by atoms with Crippen LogP contribution in [0.2, 0.25) is 5.02 Å². The molecule has 86 valence electrons. The Labute approximate surface area is 109 Å². The maximum atomic E-state index is 6.35. The van der Waals surface area contributed by atoms with Crippen LogP contribution in [0.15, 0.2) is 24.3 Å². The number of hydrogen-bond acceptors (Lipinski definition) is 3. The Hall–Kier alpha value is -0.220. The number of nitrogens with two attached hydrogens (primary N) is 1. The third-order valence-corrected chi connectivity index (χ3v) is 5.55. The Bertz CT molecular complexity index is 481. The summed E-state index contributed by atoms with van der Waals surface area (Å²) in [5, 5.41) is 2.57. The molecule has 0 saturated heterocycles. The van der Waals surface area contributed by atoms with Gasteiger partial charge in [0, 0.05) is 32.5 Å². The summed E-state index contributed by atoms with van der Waals surface area (Å²) in [7, 11) is 0. The molecule has 1 aromatic carbocycles. The van der Waals surface area contributed by atoms with Gasteiger partial charge in [-0.3, -0.25) is 0 Å². The summed E-state index contributed by atoms with van der Waals surface area (Å²) in [5.74, 6) is 0.955. The second-order valence-electron chi connectivity index (χ2n) is 3.69. The normalized spacial score (nSPS) is 13.2. The maximum Gasteiger partial charge on any atom is 0.0632 e. The van der Waals surface area contributed by atoms with Crippen LogP contribution in [0.3, 0.4) is 0 Å². The topological polar surface area (TPSA) is 26.0 Å². The van der Waals surface area contributed by atoms with Gasteiger partial charge in [-0.1, -0.05) is 36.7 Å². The SMILES string of the molecule is CC(CN)SCc1sc2ccccc2c1Cl. The van der Waals surface area contributed by atoms with Crippen LogP contribution in [-0.2, 0) is 5.75 Å². The third-order valence-electron chi connectivity index (χ3n) is 2.43. The molecule has 1 unspecified atom stereocenters. The molecule has 0 saturated carbocycles. The molecule has 1 atom stereocenters. The predicted molar refractivity (Wildman–Crippen MR) is 76.6 cm³/mol. The molecule has 0 fully saturated rings. The van der Waals surface area contributed by atoms with Crippen molar-refractivity contribution in [3.8, 4) is 0 Å². The van der Waals surface area contributed by atoms with E-state index < -0.39 is 0 Å². The summed E-state index contributed by atoms with van der Waals surface area (Å²) >= 11 is 9.99. The lowest BCUT2D eigenvalue weighted by Gasteiger charge is -2.06. The van der Waals surface area contributed by atoms with E-state index in [2.05, 4.69) is 25.1 Å². The van der Waals surface area contributed by atoms with Crippen LogP contribution in [0.5, 0.6) is 0 Å². The van der Waals surface area contributed by atoms with E-state index in [1.54, 1.807) is 11.3 Å². The van der Waals surface area contributed by atoms with Crippen molar-refractivity contribution in [2.45, 2.75) is 17.9 Å². The van der Waals surface area contributed by atoms with Gasteiger partial charge >= 0.3 is 0 Å². The van der Waals surface area contributed by atoms with Crippen LogP contribution < -0.4 is 5.73 Å². The minimum absolute atomic E-state index is 0.487. The Balaban J connectivity index is 2.21. The first-order valence-corrected chi connectivity index (χ1v) is 7.44. The van der Waals surface area contributed by atoms with E-state index in [0.717, 1.165) is 10.8 Å². The number of thiophene rings is 1. The van der Waals surface area contributed by atoms with E-state index >= 15 is 0 Å². The number of hydrogen-bond donors (Lipinski definition) is 1. The summed E-state index contributed by atoms with van der Waals surface area (Å²) in [4.78, 5) is 1.26. The smallest absolute Gasteiger partial charge is 0.0632 e. The van der Waals surface area contributed by atoms with Crippen molar-refractivity contribution >= 4 is 44.8 Å². The predicted octanol–water partition coefficient (Wildman–Crippen LogP) is 4.14. The van der Waals surface area contributed by atoms with Crippen molar-refractivity contribution in [2.75, 3.05) is 6.54 Å². The zero-order valence-corrected chi connectivity index (χ0v) is 11.5. The molecule has 0 aliphatic heterocycles. The van der Waals surface area contributed by atoms with E-state index in [9.17, 15) is 0 Å². The first kappa shape index (κ1) is 12.2. The second kappa shape index (κ2) is 5.41. The van der Waals surface area contributed by atoms with E-state index in [4.69, 9.17) is 17.3 Å². The number of benzene rings is 1. The summed E-state index contributed by atoms with van der Waals surface area (Å²) in [5.41, 5.74) is 5.60. The van der Waals surface area contributed by atoms with Gasteiger partial charge in [0.15, 0.2) is 0 Å². The van der Waals surface area contributed by atoms with E-state index in [0.29, 0.717) is 11.8 Å². The van der Waals surface area contributed by atoms with Crippen molar-refractivity contribution < 1.29 is 0 Å². The molecule has 0 bridgehead atoms. The molecule has 2 N–H and O–H groups in total. The lowest BCUT2D eigenvalue weighted by molar-refractivity contribution is 0.951. The largest absolute Gasteiger partial charge is 0.329 e. The molecule has 0 amide bonds. The number of fused-ring (bicyclic) bond motifs is 1. The molecule has 1 nitrogen and oxygen atoms in total. The van der Waals surface area contributed by atoms with Crippen LogP contribution in [0.4, 0.5) is 0 Å². The lowest BCUT2D eigenvalue weighted by Crippen LogP contribution is -2.12. The Kier molecular flexibility index (Phi) is 4.14. The van der Waals surface area contributed by atoms with Gasteiger partial charge in [-0.25, -0.2) is 0 Å². The maximum absolute atomic E-state index is 6.35. The zero-order chi connectivity index (χ0) is 11.5. The van der Waals surface area contributed by atoms with Gasteiger partial charge in [0.2, 0.25) is 0 Å². The van der Waals surface area contributed by atoms with Crippen molar-refractivity contribution in [2.24, 2.45) is 5.73 Å². The van der Waals surface area contributed by atoms with Crippen LogP contribution in [0.1, 0.15) is 11.8 Å². The quantitative estimate of drug-likeness (QED) is 0.905. The summed E-state index contributed by atoms with van der Waals surface area (Å²) in [6.45, 7) is 2.86. The molecule has 4 heteroatoms. The van der Waals surface area contributed by atoms with Gasteiger partial charge in [-0.15, -0.1) is 11.3 Å². The van der Waals surface area contributed by atoms with E-state index in [1.165, 1.54) is 15.0 Å². The molecule has 1 aromatic heterocycles. The fourth-order valence-corrected chi connectivity index (χ4v) is 3.97. The van der Waals surface area contributed by atoms with E-state index in [1.807, 2.05) is 17.8 Å². The van der Waals surface area contributed by atoms with Crippen molar-refractivity contribution in [1.82, 2.24) is 0 Å². The number of thioether (sulfide) groups is 1. The molecular weight excluding hydrogens is 258 g/mol. The van der Waals surface area contributed by atoms with Gasteiger partial charge in [0.05, 0.1) is 5.02 Å². The van der Waals surface area contributed by atoms with Crippen LogP contribution in [0, 0.1) is 0 Å². The lowest BCUT2D eigenvalue weighted by atomic mass is 10.2. The van der Waals surface area contributed by atoms with Crippen molar-refractivity contribution in [3.05, 3.63) is 34.2 Å². The average Bonchev–Trinajstić information content (AvgIpc) is 2.64. The second-order valence-corrected chi connectivity index (χ2v) is 6.63. The molecule has 1 heterocycles. The number of rotatable bonds is 4. The fourth-order valence-electron chi connectivity index (χ4n) is 1.44. The highest BCUT2D eigenvalue weighted by atomic mass is 35.5. The highest BCUT2D eigenvalue weighted by Gasteiger charge is 2.10. The van der Waals surface area contributed by atoms with Gasteiger partial charge < -0.3 is 5.73 Å². The first-order chi connectivity index (χ1) is 7.72. The fraction of sp³-hybridized carbons (Fsp3) is 0.333. The minimum Gasteiger partial charge on any atom is -0.329 e. The standard InChI is InChI=1S/C12H14ClNS2/c1-8(6-14)15-7-11-12(13)9-4-2-3-5-10(9)16-11/h2-5,8H,6-7,14H2,1H3. The average molecular weight is 272 g/mol. The molecule has 0 aliphatic carbocycles. The highest BCUT2D eigenvalue weighted by Crippen LogP contribution is 2.37. The summed E-state index contributed by atoms with van der Waals surface area (Å²) in [6, 6.07) is 8.27. The van der Waals surface area contributed by atoms with E-state index in [-0.39, 0.29) is 0 Å². The molecule has 0 aliphatic rings. The molecular formula is C12H14ClNS2. The molecule has 2 rings (SSSR count). The number of halogens is 1. The summed E-state index contributed by atoms with van der Waals surface area (Å²) in [6.07, 6.45) is 0. The van der Waals surface area contributed by atoms with Gasteiger partial charge in [-0.05, 0) is 6.07 Å². The molecule has 0 spiro atoms. The van der Waals surface area contributed by atoms with Crippen molar-refractivity contribution in [3.63, 3.8) is 0 Å². The van der Waals surface area contributed by atoms with Crippen LogP contribution >= 0.6 is 34.7 Å². The van der Waals surface area contributed by atoms with Crippen LogP contribution in [0.25, 0.3) is 10.1 Å². The van der Waals surface area contributed by atoms with Gasteiger partial charge in [0.1, 0.15) is 0 Å². The molecule has 16 heavy (non-hydrogen) atoms. The monoisotopic (exact) mass is 271 g/mol. The van der Waals surface area contributed by atoms with Crippen LogP contribution in [-0.4, -0.2) is 11.8 Å². The highest BCUT2D eigenvalue weighted by molar-refractivity contribution is 7.99. The molecule has 0 radical (unpaired) electrons. The third kappa shape index (κ3) is 2.54. The zero-order valence-electron chi connectivity index (χ0n) is 9.07.